The second kappa shape index (κ2) is 4.90. The molecule has 2 N–H and O–H groups in total. The molecule has 1 heterocycles. The average molecular weight is 217 g/mol. The van der Waals surface area contributed by atoms with E-state index in [-0.39, 0.29) is 6.04 Å². The molecule has 0 bridgehead atoms. The lowest BCUT2D eigenvalue weighted by Gasteiger charge is -2.06. The molecule has 0 aliphatic carbocycles. The van der Waals surface area contributed by atoms with E-state index < -0.39 is 0 Å². The highest BCUT2D eigenvalue weighted by molar-refractivity contribution is 5.16. The first-order chi connectivity index (χ1) is 7.79. The molecule has 1 aromatic carbocycles. The number of nitrogens with zero attached hydrogens (tertiary/aromatic N) is 2. The smallest absolute Gasteiger partial charge is 0.233 e. The first-order valence-corrected chi connectivity index (χ1v) is 5.41. The fourth-order valence-electron chi connectivity index (χ4n) is 1.51. The molecular formula is C12H15N3O. The summed E-state index contributed by atoms with van der Waals surface area (Å²) in [6.45, 7) is 1.97. The van der Waals surface area contributed by atoms with Crippen LogP contribution in [0, 0.1) is 0 Å². The molecule has 0 aliphatic heterocycles. The van der Waals surface area contributed by atoms with Gasteiger partial charge in [-0.25, -0.2) is 0 Å². The quantitative estimate of drug-likeness (QED) is 0.849. The van der Waals surface area contributed by atoms with Crippen LogP contribution in [0.25, 0.3) is 0 Å². The zero-order chi connectivity index (χ0) is 11.4. The van der Waals surface area contributed by atoms with Crippen molar-refractivity contribution in [1.82, 2.24) is 10.2 Å². The van der Waals surface area contributed by atoms with Gasteiger partial charge in [0.2, 0.25) is 11.8 Å². The van der Waals surface area contributed by atoms with Gasteiger partial charge in [0.1, 0.15) is 0 Å². The van der Waals surface area contributed by atoms with E-state index in [2.05, 4.69) is 10.2 Å². The molecule has 1 atom stereocenters. The summed E-state index contributed by atoms with van der Waals surface area (Å²) in [6.07, 6.45) is 1.46. The number of hydrogen-bond donors (Lipinski definition) is 1. The Kier molecular flexibility index (Phi) is 3.31. The minimum absolute atomic E-state index is 0.227. The highest BCUT2D eigenvalue weighted by atomic mass is 16.4. The predicted octanol–water partition coefficient (Wildman–Crippen LogP) is 1.87. The Labute approximate surface area is 94.5 Å². The maximum absolute atomic E-state index is 6.00. The van der Waals surface area contributed by atoms with E-state index >= 15 is 0 Å². The van der Waals surface area contributed by atoms with Gasteiger partial charge in [-0.2, -0.15) is 0 Å². The molecule has 0 saturated carbocycles. The van der Waals surface area contributed by atoms with E-state index in [9.17, 15) is 0 Å². The molecular weight excluding hydrogens is 202 g/mol. The lowest BCUT2D eigenvalue weighted by atomic mass is 10.1. The summed E-state index contributed by atoms with van der Waals surface area (Å²) in [5.41, 5.74) is 7.17. The van der Waals surface area contributed by atoms with Crippen molar-refractivity contribution in [3.63, 3.8) is 0 Å². The van der Waals surface area contributed by atoms with Crippen molar-refractivity contribution in [2.75, 3.05) is 0 Å². The maximum Gasteiger partial charge on any atom is 0.233 e. The van der Waals surface area contributed by atoms with Crippen LogP contribution >= 0.6 is 0 Å². The zero-order valence-electron chi connectivity index (χ0n) is 9.26. The van der Waals surface area contributed by atoms with Crippen LogP contribution in [0.3, 0.4) is 0 Å². The molecule has 4 heteroatoms. The Morgan fingerprint density at radius 1 is 1.25 bits per heavy atom. The molecule has 0 spiro atoms. The minimum atomic E-state index is -0.227. The van der Waals surface area contributed by atoms with Crippen LogP contribution in [0.5, 0.6) is 0 Å². The van der Waals surface area contributed by atoms with Crippen LogP contribution in [-0.4, -0.2) is 10.2 Å². The molecule has 0 saturated heterocycles. The van der Waals surface area contributed by atoms with Crippen molar-refractivity contribution in [2.24, 2.45) is 5.73 Å². The molecule has 16 heavy (non-hydrogen) atoms. The Morgan fingerprint density at radius 2 is 2.00 bits per heavy atom. The van der Waals surface area contributed by atoms with Gasteiger partial charge in [0.25, 0.3) is 0 Å². The van der Waals surface area contributed by atoms with Gasteiger partial charge in [-0.05, 0) is 12.0 Å². The summed E-state index contributed by atoms with van der Waals surface area (Å²) >= 11 is 0. The Morgan fingerprint density at radius 3 is 2.62 bits per heavy atom. The molecule has 0 amide bonds. The van der Waals surface area contributed by atoms with Gasteiger partial charge in [-0.3, -0.25) is 0 Å². The van der Waals surface area contributed by atoms with Crippen molar-refractivity contribution < 1.29 is 4.42 Å². The summed E-state index contributed by atoms with van der Waals surface area (Å²) < 4.78 is 5.42. The highest BCUT2D eigenvalue weighted by Crippen LogP contribution is 2.14. The van der Waals surface area contributed by atoms with Crippen molar-refractivity contribution in [2.45, 2.75) is 25.8 Å². The van der Waals surface area contributed by atoms with E-state index in [1.807, 2.05) is 37.3 Å². The van der Waals surface area contributed by atoms with Crippen molar-refractivity contribution in [1.29, 1.82) is 0 Å². The van der Waals surface area contributed by atoms with Gasteiger partial charge < -0.3 is 10.2 Å². The fourth-order valence-corrected chi connectivity index (χ4v) is 1.51. The van der Waals surface area contributed by atoms with E-state index in [0.717, 1.165) is 6.42 Å². The summed E-state index contributed by atoms with van der Waals surface area (Å²) in [5.74, 6) is 1.15. The molecule has 84 valence electrons. The fraction of sp³-hybridized carbons (Fsp3) is 0.333. The molecule has 4 nitrogen and oxygen atoms in total. The molecule has 2 rings (SSSR count). The number of nitrogens with two attached hydrogens (primary N) is 1. The van der Waals surface area contributed by atoms with E-state index in [0.29, 0.717) is 18.2 Å². The van der Waals surface area contributed by atoms with Crippen LogP contribution in [-0.2, 0) is 12.8 Å². The van der Waals surface area contributed by atoms with Crippen molar-refractivity contribution in [3.8, 4) is 0 Å². The van der Waals surface area contributed by atoms with Gasteiger partial charge in [0.05, 0.1) is 6.04 Å². The van der Waals surface area contributed by atoms with Crippen LogP contribution in [0.2, 0.25) is 0 Å². The molecule has 0 aliphatic rings. The Bertz CT molecular complexity index is 439. The Hall–Kier alpha value is -1.68. The molecule has 1 unspecified atom stereocenters. The second-order valence-electron chi connectivity index (χ2n) is 3.68. The third kappa shape index (κ3) is 2.46. The van der Waals surface area contributed by atoms with Gasteiger partial charge in [0, 0.05) is 6.42 Å². The summed E-state index contributed by atoms with van der Waals surface area (Å²) in [7, 11) is 0. The number of rotatable bonds is 4. The van der Waals surface area contributed by atoms with Crippen LogP contribution in [0.1, 0.15) is 30.3 Å². The van der Waals surface area contributed by atoms with Gasteiger partial charge in [-0.15, -0.1) is 10.2 Å². The molecule has 1 aromatic heterocycles. The largest absolute Gasteiger partial charge is 0.424 e. The van der Waals surface area contributed by atoms with Gasteiger partial charge in [-0.1, -0.05) is 37.3 Å². The first-order valence-electron chi connectivity index (χ1n) is 5.41. The maximum atomic E-state index is 6.00. The summed E-state index contributed by atoms with van der Waals surface area (Å²) in [4.78, 5) is 0. The topological polar surface area (TPSA) is 64.9 Å². The van der Waals surface area contributed by atoms with E-state index in [1.165, 1.54) is 5.56 Å². The minimum Gasteiger partial charge on any atom is -0.424 e. The van der Waals surface area contributed by atoms with Gasteiger partial charge in [0.15, 0.2) is 0 Å². The summed E-state index contributed by atoms with van der Waals surface area (Å²) in [5, 5.41) is 7.84. The standard InChI is InChI=1S/C12H15N3O/c1-2-11-14-15-12(16-11)10(13)8-9-6-4-3-5-7-9/h3-7,10H,2,8,13H2,1H3. The number of aryl methyl sites for hydroxylation is 1. The number of benzene rings is 1. The second-order valence-corrected chi connectivity index (χ2v) is 3.68. The SMILES string of the molecule is CCc1nnc(C(N)Cc2ccccc2)o1. The van der Waals surface area contributed by atoms with Crippen molar-refractivity contribution >= 4 is 0 Å². The van der Waals surface area contributed by atoms with Crippen LogP contribution in [0.15, 0.2) is 34.7 Å². The summed E-state index contributed by atoms with van der Waals surface area (Å²) in [6, 6.07) is 9.82. The Balaban J connectivity index is 2.05. The third-order valence-corrected chi connectivity index (χ3v) is 2.40. The van der Waals surface area contributed by atoms with E-state index in [1.54, 1.807) is 0 Å². The predicted molar refractivity (Wildman–Crippen MR) is 60.8 cm³/mol. The van der Waals surface area contributed by atoms with E-state index in [4.69, 9.17) is 10.2 Å². The highest BCUT2D eigenvalue weighted by Gasteiger charge is 2.14. The van der Waals surface area contributed by atoms with Crippen molar-refractivity contribution in [3.05, 3.63) is 47.7 Å². The zero-order valence-corrected chi connectivity index (χ0v) is 9.26. The lowest BCUT2D eigenvalue weighted by molar-refractivity contribution is 0.419. The first kappa shape index (κ1) is 10.8. The third-order valence-electron chi connectivity index (χ3n) is 2.40. The lowest BCUT2D eigenvalue weighted by Crippen LogP contribution is -2.13. The molecule has 2 aromatic rings. The molecule has 0 radical (unpaired) electrons. The van der Waals surface area contributed by atoms with Crippen LogP contribution in [0.4, 0.5) is 0 Å². The average Bonchev–Trinajstić information content (AvgIpc) is 2.79. The van der Waals surface area contributed by atoms with Crippen LogP contribution < -0.4 is 5.73 Å². The normalized spacial score (nSPS) is 12.6. The number of aromatic nitrogens is 2. The van der Waals surface area contributed by atoms with Gasteiger partial charge >= 0.3 is 0 Å². The number of hydrogen-bond acceptors (Lipinski definition) is 4. The monoisotopic (exact) mass is 217 g/mol. The molecule has 0 fully saturated rings.